The molecule has 1 heterocycles. The highest BCUT2D eigenvalue weighted by Gasteiger charge is 2.23. The molecule has 1 N–H and O–H groups in total. The van der Waals surface area contributed by atoms with Crippen LogP contribution in [0.4, 0.5) is 0 Å². The second-order valence-corrected chi connectivity index (χ2v) is 5.74. The number of carbonyl (C=O) groups excluding carboxylic acids is 1. The van der Waals surface area contributed by atoms with E-state index in [2.05, 4.69) is 27.3 Å². The second-order valence-electron chi connectivity index (χ2n) is 4.83. The molecule has 106 valence electrons. The van der Waals surface area contributed by atoms with Gasteiger partial charge in [0.2, 0.25) is 5.91 Å². The lowest BCUT2D eigenvalue weighted by Gasteiger charge is -2.27. The van der Waals surface area contributed by atoms with E-state index in [9.17, 15) is 4.79 Å². The summed E-state index contributed by atoms with van der Waals surface area (Å²) in [5.41, 5.74) is 1.15. The van der Waals surface area contributed by atoms with Gasteiger partial charge in [0.1, 0.15) is 0 Å². The smallest absolute Gasteiger partial charge is 0.239 e. The van der Waals surface area contributed by atoms with E-state index in [4.69, 9.17) is 0 Å². The maximum Gasteiger partial charge on any atom is 0.239 e. The van der Waals surface area contributed by atoms with Crippen LogP contribution in [0.15, 0.2) is 28.7 Å². The molecule has 0 saturated carbocycles. The third-order valence-corrected chi connectivity index (χ3v) is 3.79. The molecule has 1 amide bonds. The highest BCUT2D eigenvalue weighted by molar-refractivity contribution is 9.10. The van der Waals surface area contributed by atoms with Gasteiger partial charge in [-0.1, -0.05) is 34.5 Å². The summed E-state index contributed by atoms with van der Waals surface area (Å²) in [5.74, 6) is 0.203. The second kappa shape index (κ2) is 7.88. The SMILES string of the molecule is CN(Cc1cccc(Br)c1)C(=O)C1CCCCN1.Cl. The molecule has 0 aromatic heterocycles. The number of nitrogens with one attached hydrogen (secondary N) is 1. The Morgan fingerprint density at radius 1 is 1.47 bits per heavy atom. The first kappa shape index (κ1) is 16.5. The monoisotopic (exact) mass is 346 g/mol. The highest BCUT2D eigenvalue weighted by Crippen LogP contribution is 2.15. The number of halogens is 2. The van der Waals surface area contributed by atoms with Crippen molar-refractivity contribution in [1.29, 1.82) is 0 Å². The largest absolute Gasteiger partial charge is 0.340 e. The van der Waals surface area contributed by atoms with Crippen LogP contribution in [0.3, 0.4) is 0 Å². The van der Waals surface area contributed by atoms with E-state index in [1.54, 1.807) is 0 Å². The van der Waals surface area contributed by atoms with Crippen molar-refractivity contribution in [3.63, 3.8) is 0 Å². The van der Waals surface area contributed by atoms with Crippen LogP contribution in [0.1, 0.15) is 24.8 Å². The van der Waals surface area contributed by atoms with Gasteiger partial charge >= 0.3 is 0 Å². The van der Waals surface area contributed by atoms with Gasteiger partial charge in [-0.15, -0.1) is 12.4 Å². The van der Waals surface area contributed by atoms with Gasteiger partial charge < -0.3 is 10.2 Å². The van der Waals surface area contributed by atoms with Crippen LogP contribution in [-0.4, -0.2) is 30.4 Å². The fraction of sp³-hybridized carbons (Fsp3) is 0.500. The van der Waals surface area contributed by atoms with E-state index in [1.807, 2.05) is 30.1 Å². The third kappa shape index (κ3) is 4.79. The quantitative estimate of drug-likeness (QED) is 0.911. The Morgan fingerprint density at radius 2 is 2.26 bits per heavy atom. The van der Waals surface area contributed by atoms with Crippen molar-refractivity contribution in [1.82, 2.24) is 10.2 Å². The van der Waals surface area contributed by atoms with E-state index in [0.29, 0.717) is 6.54 Å². The summed E-state index contributed by atoms with van der Waals surface area (Å²) in [6.45, 7) is 1.62. The molecule has 2 rings (SSSR count). The van der Waals surface area contributed by atoms with Gasteiger partial charge in [0.15, 0.2) is 0 Å². The number of hydrogen-bond acceptors (Lipinski definition) is 2. The van der Waals surface area contributed by atoms with Crippen LogP contribution in [0, 0.1) is 0 Å². The predicted octanol–water partition coefficient (Wildman–Crippen LogP) is 2.97. The van der Waals surface area contributed by atoms with E-state index in [1.165, 1.54) is 6.42 Å². The molecule has 0 spiro atoms. The Hall–Kier alpha value is -0.580. The van der Waals surface area contributed by atoms with Crippen LogP contribution in [0.2, 0.25) is 0 Å². The molecule has 1 aliphatic rings. The first-order valence-corrected chi connectivity index (χ1v) is 7.19. The van der Waals surface area contributed by atoms with E-state index in [-0.39, 0.29) is 24.4 Å². The van der Waals surface area contributed by atoms with Crippen molar-refractivity contribution >= 4 is 34.2 Å². The number of amides is 1. The average Bonchev–Trinajstić information content (AvgIpc) is 2.39. The summed E-state index contributed by atoms with van der Waals surface area (Å²) in [4.78, 5) is 14.0. The maximum atomic E-state index is 12.2. The molecule has 19 heavy (non-hydrogen) atoms. The minimum atomic E-state index is 0. The Labute approximate surface area is 129 Å². The molecule has 1 atom stereocenters. The molecule has 0 aliphatic carbocycles. The molecule has 3 nitrogen and oxygen atoms in total. The normalized spacial score (nSPS) is 18.5. The standard InChI is InChI=1S/C14H19BrN2O.ClH/c1-17(10-11-5-4-6-12(15)9-11)14(18)13-7-2-3-8-16-13;/h4-6,9,13,16H,2-3,7-8,10H2,1H3;1H. The van der Waals surface area contributed by atoms with Crippen molar-refractivity contribution in [2.24, 2.45) is 0 Å². The highest BCUT2D eigenvalue weighted by atomic mass is 79.9. The van der Waals surface area contributed by atoms with Crippen LogP contribution in [-0.2, 0) is 11.3 Å². The summed E-state index contributed by atoms with van der Waals surface area (Å²) < 4.78 is 1.05. The average molecular weight is 348 g/mol. The van der Waals surface area contributed by atoms with Crippen molar-refractivity contribution in [2.45, 2.75) is 31.8 Å². The molecule has 1 aromatic carbocycles. The number of nitrogens with zero attached hydrogens (tertiary/aromatic N) is 1. The number of carbonyl (C=O) groups is 1. The molecule has 1 unspecified atom stereocenters. The van der Waals surface area contributed by atoms with Crippen LogP contribution >= 0.6 is 28.3 Å². The summed E-state index contributed by atoms with van der Waals surface area (Å²) in [6, 6.07) is 8.10. The summed E-state index contributed by atoms with van der Waals surface area (Å²) in [6.07, 6.45) is 3.29. The van der Waals surface area contributed by atoms with E-state index < -0.39 is 0 Å². The van der Waals surface area contributed by atoms with Gasteiger partial charge in [0.25, 0.3) is 0 Å². The van der Waals surface area contributed by atoms with Gasteiger partial charge in [-0.3, -0.25) is 4.79 Å². The molecule has 0 bridgehead atoms. The minimum absolute atomic E-state index is 0. The van der Waals surface area contributed by atoms with Gasteiger partial charge in [-0.05, 0) is 37.1 Å². The van der Waals surface area contributed by atoms with Crippen molar-refractivity contribution in [3.05, 3.63) is 34.3 Å². The van der Waals surface area contributed by atoms with E-state index in [0.717, 1.165) is 29.4 Å². The Balaban J connectivity index is 0.00000180. The summed E-state index contributed by atoms with van der Waals surface area (Å²) in [7, 11) is 1.87. The third-order valence-electron chi connectivity index (χ3n) is 3.29. The zero-order chi connectivity index (χ0) is 13.0. The molecule has 1 aromatic rings. The summed E-state index contributed by atoms with van der Waals surface area (Å²) in [5, 5.41) is 3.30. The van der Waals surface area contributed by atoms with E-state index >= 15 is 0 Å². The molecular formula is C14H20BrClN2O. The number of likely N-dealkylation sites (N-methyl/N-ethyl adjacent to an activating group) is 1. The molecule has 5 heteroatoms. The number of rotatable bonds is 3. The molecular weight excluding hydrogens is 328 g/mol. The van der Waals surface area contributed by atoms with Crippen molar-refractivity contribution in [3.8, 4) is 0 Å². The van der Waals surface area contributed by atoms with Crippen molar-refractivity contribution in [2.75, 3.05) is 13.6 Å². The minimum Gasteiger partial charge on any atom is -0.340 e. The molecule has 1 fully saturated rings. The zero-order valence-corrected chi connectivity index (χ0v) is 13.5. The van der Waals surface area contributed by atoms with Crippen molar-refractivity contribution < 1.29 is 4.79 Å². The number of piperidine rings is 1. The fourth-order valence-corrected chi connectivity index (χ4v) is 2.76. The molecule has 1 aliphatic heterocycles. The van der Waals surface area contributed by atoms with Gasteiger partial charge in [-0.25, -0.2) is 0 Å². The Kier molecular flexibility index (Phi) is 6.83. The van der Waals surface area contributed by atoms with Gasteiger partial charge in [0.05, 0.1) is 6.04 Å². The number of hydrogen-bond donors (Lipinski definition) is 1. The van der Waals surface area contributed by atoms with Crippen LogP contribution in [0.25, 0.3) is 0 Å². The fourth-order valence-electron chi connectivity index (χ4n) is 2.32. The van der Waals surface area contributed by atoms with Gasteiger partial charge in [0, 0.05) is 18.1 Å². The first-order chi connectivity index (χ1) is 8.66. The lowest BCUT2D eigenvalue weighted by atomic mass is 10.0. The zero-order valence-electron chi connectivity index (χ0n) is 11.1. The lowest BCUT2D eigenvalue weighted by molar-refractivity contribution is -0.133. The van der Waals surface area contributed by atoms with Gasteiger partial charge in [-0.2, -0.15) is 0 Å². The first-order valence-electron chi connectivity index (χ1n) is 6.39. The van der Waals surface area contributed by atoms with Crippen LogP contribution < -0.4 is 5.32 Å². The Morgan fingerprint density at radius 3 is 2.89 bits per heavy atom. The Bertz CT molecular complexity index is 422. The predicted molar refractivity (Wildman–Crippen MR) is 83.5 cm³/mol. The molecule has 1 saturated heterocycles. The summed E-state index contributed by atoms with van der Waals surface area (Å²) >= 11 is 3.45. The molecule has 0 radical (unpaired) electrons. The van der Waals surface area contributed by atoms with Crippen LogP contribution in [0.5, 0.6) is 0 Å². The number of benzene rings is 1. The topological polar surface area (TPSA) is 32.3 Å². The maximum absolute atomic E-state index is 12.2. The lowest BCUT2D eigenvalue weighted by Crippen LogP contribution is -2.46.